The van der Waals surface area contributed by atoms with Crippen LogP contribution in [0.5, 0.6) is 5.75 Å². The molecule has 0 aliphatic heterocycles. The fourth-order valence-corrected chi connectivity index (χ4v) is 2.16. The highest BCUT2D eigenvalue weighted by Crippen LogP contribution is 2.34. The van der Waals surface area contributed by atoms with Crippen molar-refractivity contribution in [3.05, 3.63) is 28.4 Å². The average Bonchev–Trinajstić information content (AvgIpc) is 2.63. The van der Waals surface area contributed by atoms with E-state index in [0.29, 0.717) is 16.6 Å². The topological polar surface area (TPSA) is 48.1 Å². The number of nitrogens with two attached hydrogens (primary N) is 1. The van der Waals surface area contributed by atoms with Crippen molar-refractivity contribution in [3.8, 4) is 17.0 Å². The first-order valence-electron chi connectivity index (χ1n) is 4.36. The Morgan fingerprint density at radius 2 is 2.25 bits per heavy atom. The monoisotopic (exact) mass is 258 g/mol. The van der Waals surface area contributed by atoms with E-state index in [1.807, 2.05) is 0 Å². The van der Waals surface area contributed by atoms with Crippen molar-refractivity contribution < 1.29 is 9.13 Å². The van der Waals surface area contributed by atoms with Gasteiger partial charge in [-0.3, -0.25) is 0 Å². The quantitative estimate of drug-likeness (QED) is 0.900. The zero-order chi connectivity index (χ0) is 11.7. The highest BCUT2D eigenvalue weighted by Gasteiger charge is 2.14. The molecule has 3 nitrogen and oxygen atoms in total. The molecule has 0 aliphatic carbocycles. The van der Waals surface area contributed by atoms with E-state index in [0.717, 1.165) is 0 Å². The predicted octanol–water partition coefficient (Wildman–Crippen LogP) is 3.19. The standard InChI is InChI=1S/C10H8ClFN2OS/c1-15-5-2-6(11)9(7(12)3-5)8-4-16-10(13)14-8/h2-4H,1H3,(H2,13,14). The van der Waals surface area contributed by atoms with Crippen LogP contribution in [0, 0.1) is 5.82 Å². The first kappa shape index (κ1) is 11.2. The van der Waals surface area contributed by atoms with Gasteiger partial charge in [0, 0.05) is 11.4 Å². The maximum Gasteiger partial charge on any atom is 0.180 e. The molecule has 0 saturated carbocycles. The zero-order valence-electron chi connectivity index (χ0n) is 8.33. The number of aromatic nitrogens is 1. The lowest BCUT2D eigenvalue weighted by Gasteiger charge is -2.06. The molecule has 0 amide bonds. The van der Waals surface area contributed by atoms with Gasteiger partial charge in [0.15, 0.2) is 5.13 Å². The van der Waals surface area contributed by atoms with Gasteiger partial charge in [0.25, 0.3) is 0 Å². The largest absolute Gasteiger partial charge is 0.497 e. The van der Waals surface area contributed by atoms with Crippen molar-refractivity contribution in [2.24, 2.45) is 0 Å². The van der Waals surface area contributed by atoms with Crippen molar-refractivity contribution in [3.63, 3.8) is 0 Å². The van der Waals surface area contributed by atoms with E-state index in [9.17, 15) is 4.39 Å². The van der Waals surface area contributed by atoms with E-state index < -0.39 is 5.82 Å². The maximum absolute atomic E-state index is 13.8. The van der Waals surface area contributed by atoms with Gasteiger partial charge in [-0.1, -0.05) is 11.6 Å². The second-order valence-corrected chi connectivity index (χ2v) is 4.33. The molecular formula is C10H8ClFN2OS. The van der Waals surface area contributed by atoms with E-state index >= 15 is 0 Å². The highest BCUT2D eigenvalue weighted by molar-refractivity contribution is 7.13. The molecule has 2 aromatic rings. The van der Waals surface area contributed by atoms with Crippen LogP contribution in [0.3, 0.4) is 0 Å². The fraction of sp³-hybridized carbons (Fsp3) is 0.100. The van der Waals surface area contributed by atoms with Gasteiger partial charge < -0.3 is 10.5 Å². The zero-order valence-corrected chi connectivity index (χ0v) is 9.90. The molecule has 0 atom stereocenters. The second-order valence-electron chi connectivity index (χ2n) is 3.04. The summed E-state index contributed by atoms with van der Waals surface area (Å²) in [6, 6.07) is 2.80. The summed E-state index contributed by atoms with van der Waals surface area (Å²) in [7, 11) is 1.45. The van der Waals surface area contributed by atoms with Gasteiger partial charge in [0.2, 0.25) is 0 Å². The summed E-state index contributed by atoms with van der Waals surface area (Å²) in [5.74, 6) is -0.107. The lowest BCUT2D eigenvalue weighted by molar-refractivity contribution is 0.411. The van der Waals surface area contributed by atoms with Crippen LogP contribution in [0.4, 0.5) is 9.52 Å². The number of halogens is 2. The van der Waals surface area contributed by atoms with Crippen LogP contribution < -0.4 is 10.5 Å². The van der Waals surface area contributed by atoms with Gasteiger partial charge in [-0.25, -0.2) is 9.37 Å². The van der Waals surface area contributed by atoms with E-state index in [1.165, 1.54) is 30.6 Å². The number of hydrogen-bond acceptors (Lipinski definition) is 4. The molecule has 0 radical (unpaired) electrons. The molecule has 0 unspecified atom stereocenters. The number of ether oxygens (including phenoxy) is 1. The number of methoxy groups -OCH3 is 1. The molecule has 16 heavy (non-hydrogen) atoms. The van der Waals surface area contributed by atoms with Gasteiger partial charge >= 0.3 is 0 Å². The van der Waals surface area contributed by atoms with Crippen molar-refractivity contribution >= 4 is 28.1 Å². The van der Waals surface area contributed by atoms with Gasteiger partial charge in [-0.05, 0) is 6.07 Å². The summed E-state index contributed by atoms with van der Waals surface area (Å²) in [6.07, 6.45) is 0. The van der Waals surface area contributed by atoms with Crippen LogP contribution in [-0.4, -0.2) is 12.1 Å². The first-order valence-corrected chi connectivity index (χ1v) is 5.62. The lowest BCUT2D eigenvalue weighted by atomic mass is 10.1. The Morgan fingerprint density at radius 1 is 1.50 bits per heavy atom. The molecule has 1 aromatic heterocycles. The molecule has 0 bridgehead atoms. The van der Waals surface area contributed by atoms with Crippen LogP contribution in [0.2, 0.25) is 5.02 Å². The Bertz CT molecular complexity index is 506. The Balaban J connectivity index is 2.57. The molecule has 1 aromatic carbocycles. The molecule has 1 heterocycles. The number of hydrogen-bond donors (Lipinski definition) is 1. The molecule has 0 saturated heterocycles. The Morgan fingerprint density at radius 3 is 2.75 bits per heavy atom. The average molecular weight is 259 g/mol. The molecule has 0 aliphatic rings. The number of nitrogens with zero attached hydrogens (tertiary/aromatic N) is 1. The van der Waals surface area contributed by atoms with Crippen molar-refractivity contribution in [1.82, 2.24) is 4.98 Å². The van der Waals surface area contributed by atoms with Gasteiger partial charge in [-0.15, -0.1) is 11.3 Å². The third-order valence-corrected chi connectivity index (χ3v) is 3.00. The molecule has 2 N–H and O–H groups in total. The summed E-state index contributed by atoms with van der Waals surface area (Å²) < 4.78 is 18.7. The van der Waals surface area contributed by atoms with Crippen molar-refractivity contribution in [2.45, 2.75) is 0 Å². The van der Waals surface area contributed by atoms with Crippen molar-refractivity contribution in [2.75, 3.05) is 12.8 Å². The summed E-state index contributed by atoms with van der Waals surface area (Å²) in [5.41, 5.74) is 6.17. The molecule has 2 rings (SSSR count). The second kappa shape index (κ2) is 4.27. The smallest absolute Gasteiger partial charge is 0.180 e. The van der Waals surface area contributed by atoms with Crippen LogP contribution >= 0.6 is 22.9 Å². The summed E-state index contributed by atoms with van der Waals surface area (Å²) >= 11 is 7.20. The van der Waals surface area contributed by atoms with E-state index in [1.54, 1.807) is 5.38 Å². The fourth-order valence-electron chi connectivity index (χ4n) is 1.31. The van der Waals surface area contributed by atoms with E-state index in [4.69, 9.17) is 22.1 Å². The minimum absolute atomic E-state index is 0.246. The minimum atomic E-state index is -0.477. The van der Waals surface area contributed by atoms with Crippen LogP contribution in [0.25, 0.3) is 11.3 Å². The third kappa shape index (κ3) is 1.96. The van der Waals surface area contributed by atoms with Gasteiger partial charge in [0.1, 0.15) is 11.6 Å². The van der Waals surface area contributed by atoms with E-state index in [-0.39, 0.29) is 10.6 Å². The predicted molar refractivity (Wildman–Crippen MR) is 63.5 cm³/mol. The molecule has 0 spiro atoms. The van der Waals surface area contributed by atoms with Crippen LogP contribution in [-0.2, 0) is 0 Å². The molecule has 0 fully saturated rings. The normalized spacial score (nSPS) is 10.4. The molecule has 84 valence electrons. The number of thiazole rings is 1. The van der Waals surface area contributed by atoms with E-state index in [2.05, 4.69) is 4.98 Å². The molecular weight excluding hydrogens is 251 g/mol. The number of benzene rings is 1. The maximum atomic E-state index is 13.8. The van der Waals surface area contributed by atoms with Crippen LogP contribution in [0.1, 0.15) is 0 Å². The highest BCUT2D eigenvalue weighted by atomic mass is 35.5. The van der Waals surface area contributed by atoms with Crippen LogP contribution in [0.15, 0.2) is 17.5 Å². The summed E-state index contributed by atoms with van der Waals surface area (Å²) in [6.45, 7) is 0. The Kier molecular flexibility index (Phi) is 2.98. The number of nitrogen functional groups attached to an aromatic ring is 1. The minimum Gasteiger partial charge on any atom is -0.497 e. The number of rotatable bonds is 2. The third-order valence-electron chi connectivity index (χ3n) is 2.03. The summed E-state index contributed by atoms with van der Waals surface area (Å²) in [5, 5.41) is 2.29. The Hall–Kier alpha value is -1.33. The van der Waals surface area contributed by atoms with Crippen molar-refractivity contribution in [1.29, 1.82) is 0 Å². The Labute approximate surface area is 101 Å². The SMILES string of the molecule is COc1cc(F)c(-c2csc(N)n2)c(Cl)c1. The van der Waals surface area contributed by atoms with Gasteiger partial charge in [0.05, 0.1) is 23.4 Å². The summed E-state index contributed by atoms with van der Waals surface area (Å²) in [4.78, 5) is 3.99. The number of anilines is 1. The van der Waals surface area contributed by atoms with Gasteiger partial charge in [-0.2, -0.15) is 0 Å². The first-order chi connectivity index (χ1) is 7.61. The molecule has 6 heteroatoms. The lowest BCUT2D eigenvalue weighted by Crippen LogP contribution is -1.91.